The third kappa shape index (κ3) is 5.28. The molecule has 16 heteroatoms. The lowest BCUT2D eigenvalue weighted by atomic mass is 9.95. The van der Waals surface area contributed by atoms with Crippen LogP contribution in [-0.2, 0) is 6.18 Å². The van der Waals surface area contributed by atoms with Crippen LogP contribution in [0.25, 0.3) is 22.3 Å². The maximum atomic E-state index is 16.5. The largest absolute Gasteiger partial charge is 0.461 e. The van der Waals surface area contributed by atoms with Crippen molar-refractivity contribution in [2.75, 3.05) is 43.4 Å². The van der Waals surface area contributed by atoms with Crippen molar-refractivity contribution in [3.8, 4) is 17.4 Å². The minimum Gasteiger partial charge on any atom is -0.461 e. The van der Waals surface area contributed by atoms with Gasteiger partial charge in [0.15, 0.2) is 5.82 Å². The van der Waals surface area contributed by atoms with Gasteiger partial charge in [-0.15, -0.1) is 0 Å². The average Bonchev–Trinajstić information content (AvgIpc) is 3.58. The zero-order chi connectivity index (χ0) is 32.6. The number of hydrogen-bond donors (Lipinski definition) is 2. The molecule has 0 radical (unpaired) electrons. The number of aromatic nitrogens is 4. The maximum absolute atomic E-state index is 16.5. The highest BCUT2D eigenvalue weighted by molar-refractivity contribution is 5.92. The molecule has 4 aliphatic heterocycles. The Kier molecular flexibility index (Phi) is 7.30. The van der Waals surface area contributed by atoms with E-state index in [1.165, 1.54) is 6.92 Å². The summed E-state index contributed by atoms with van der Waals surface area (Å²) in [5.41, 5.74) is 0.752. The van der Waals surface area contributed by atoms with Crippen LogP contribution in [0.4, 0.5) is 42.4 Å². The van der Waals surface area contributed by atoms with Crippen LogP contribution in [-0.4, -0.2) is 80.9 Å². The summed E-state index contributed by atoms with van der Waals surface area (Å²) in [7, 11) is 0. The van der Waals surface area contributed by atoms with Crippen molar-refractivity contribution in [1.82, 2.24) is 30.2 Å². The van der Waals surface area contributed by atoms with Gasteiger partial charge in [0.25, 0.3) is 6.08 Å². The fraction of sp³-hybridized carbons (Fsp3) is 0.533. The van der Waals surface area contributed by atoms with E-state index in [0.717, 1.165) is 24.8 Å². The van der Waals surface area contributed by atoms with Gasteiger partial charge < -0.3 is 20.7 Å². The first kappa shape index (κ1) is 30.8. The molecule has 0 aromatic carbocycles. The van der Waals surface area contributed by atoms with Crippen LogP contribution in [0.3, 0.4) is 0 Å². The summed E-state index contributed by atoms with van der Waals surface area (Å²) in [5, 5.41) is 3.28. The van der Waals surface area contributed by atoms with E-state index in [9.17, 15) is 26.3 Å². The maximum Gasteiger partial charge on any atom is 0.418 e. The van der Waals surface area contributed by atoms with E-state index in [4.69, 9.17) is 10.5 Å². The van der Waals surface area contributed by atoms with Crippen molar-refractivity contribution in [2.24, 2.45) is 0 Å². The van der Waals surface area contributed by atoms with E-state index in [0.29, 0.717) is 32.4 Å². The Balaban J connectivity index is 1.36. The number of alkyl halides is 4. The Morgan fingerprint density at radius 1 is 1.17 bits per heavy atom. The summed E-state index contributed by atoms with van der Waals surface area (Å²) in [6, 6.07) is 0.579. The van der Waals surface area contributed by atoms with Crippen LogP contribution < -0.4 is 20.7 Å². The molecule has 4 fully saturated rings. The number of piperazine rings is 1. The number of halogens is 7. The number of ether oxygens (including phenoxy) is 1. The smallest absolute Gasteiger partial charge is 0.418 e. The summed E-state index contributed by atoms with van der Waals surface area (Å²) in [6.07, 6.45) is -2.95. The van der Waals surface area contributed by atoms with Crippen molar-refractivity contribution in [3.63, 3.8) is 0 Å². The van der Waals surface area contributed by atoms with Gasteiger partial charge in [0, 0.05) is 44.4 Å². The lowest BCUT2D eigenvalue weighted by Gasteiger charge is -2.40. The molecule has 0 unspecified atom stereocenters. The van der Waals surface area contributed by atoms with Gasteiger partial charge in [0.2, 0.25) is 0 Å². The first-order valence-electron chi connectivity index (χ1n) is 15.1. The summed E-state index contributed by atoms with van der Waals surface area (Å²) in [4.78, 5) is 20.5. The highest BCUT2D eigenvalue weighted by Crippen LogP contribution is 2.43. The molecule has 0 aliphatic carbocycles. The van der Waals surface area contributed by atoms with Gasteiger partial charge in [-0.2, -0.15) is 31.9 Å². The molecule has 4 saturated heterocycles. The minimum absolute atomic E-state index is 0.00996. The van der Waals surface area contributed by atoms with E-state index >= 15 is 4.39 Å². The van der Waals surface area contributed by atoms with Crippen LogP contribution in [0.5, 0.6) is 6.01 Å². The molecule has 246 valence electrons. The molecule has 46 heavy (non-hydrogen) atoms. The molecule has 7 heterocycles. The number of nitrogen functional groups attached to an aromatic ring is 1. The molecule has 9 nitrogen and oxygen atoms in total. The van der Waals surface area contributed by atoms with E-state index in [1.54, 1.807) is 4.90 Å². The van der Waals surface area contributed by atoms with Crippen LogP contribution in [0.15, 0.2) is 24.4 Å². The Bertz CT molecular complexity index is 1730. The summed E-state index contributed by atoms with van der Waals surface area (Å²) in [5.74, 6) is -1.33. The minimum atomic E-state index is -4.90. The van der Waals surface area contributed by atoms with E-state index in [2.05, 4.69) is 25.3 Å². The zero-order valence-corrected chi connectivity index (χ0v) is 24.8. The van der Waals surface area contributed by atoms with Gasteiger partial charge in [-0.05, 0) is 50.8 Å². The van der Waals surface area contributed by atoms with Crippen molar-refractivity contribution in [3.05, 3.63) is 41.4 Å². The van der Waals surface area contributed by atoms with Crippen molar-refractivity contribution >= 4 is 22.5 Å². The summed E-state index contributed by atoms with van der Waals surface area (Å²) in [6.45, 7) is 2.55. The predicted molar refractivity (Wildman–Crippen MR) is 155 cm³/mol. The monoisotopic (exact) mass is 652 g/mol. The number of fused-ring (bicyclic) bond motifs is 4. The van der Waals surface area contributed by atoms with Crippen molar-refractivity contribution in [2.45, 2.75) is 68.5 Å². The Hall–Kier alpha value is -3.79. The molecular formula is C30H31F7N8O. The quantitative estimate of drug-likeness (QED) is 0.349. The number of nitrogens with one attached hydrogen (secondary N) is 1. The Morgan fingerprint density at radius 3 is 2.74 bits per heavy atom. The molecular weight excluding hydrogens is 621 g/mol. The molecule has 0 amide bonds. The third-order valence-corrected chi connectivity index (χ3v) is 9.65. The molecule has 0 spiro atoms. The van der Waals surface area contributed by atoms with Crippen LogP contribution in [0.1, 0.15) is 43.2 Å². The fourth-order valence-electron chi connectivity index (χ4n) is 7.81. The second-order valence-corrected chi connectivity index (χ2v) is 12.8. The molecule has 3 aromatic heterocycles. The topological polar surface area (TPSA) is 105 Å². The Labute approximate surface area is 259 Å². The van der Waals surface area contributed by atoms with E-state index < -0.39 is 52.3 Å². The number of pyridine rings is 2. The van der Waals surface area contributed by atoms with Gasteiger partial charge >= 0.3 is 12.2 Å². The third-order valence-electron chi connectivity index (χ3n) is 9.65. The van der Waals surface area contributed by atoms with Crippen molar-refractivity contribution < 1.29 is 35.5 Å². The first-order chi connectivity index (χ1) is 21.8. The van der Waals surface area contributed by atoms with Gasteiger partial charge in [-0.3, -0.25) is 9.88 Å². The number of hydrogen-bond acceptors (Lipinski definition) is 9. The number of aryl methyl sites for hydroxylation is 1. The summed E-state index contributed by atoms with van der Waals surface area (Å²) >= 11 is 0. The molecule has 3 aromatic rings. The van der Waals surface area contributed by atoms with Gasteiger partial charge in [0.05, 0.1) is 22.0 Å². The Morgan fingerprint density at radius 2 is 1.98 bits per heavy atom. The van der Waals surface area contributed by atoms with Crippen molar-refractivity contribution in [1.29, 1.82) is 0 Å². The predicted octanol–water partition coefficient (Wildman–Crippen LogP) is 5.18. The van der Waals surface area contributed by atoms with Crippen LogP contribution >= 0.6 is 0 Å². The fourth-order valence-corrected chi connectivity index (χ4v) is 7.81. The first-order valence-corrected chi connectivity index (χ1v) is 15.1. The number of nitrogens with two attached hydrogens (primary N) is 1. The number of rotatable bonds is 6. The summed E-state index contributed by atoms with van der Waals surface area (Å²) < 4.78 is 106. The average molecular weight is 653 g/mol. The molecule has 2 bridgehead atoms. The number of nitrogens with zero attached hydrogens (tertiary/aromatic N) is 6. The molecule has 4 atom stereocenters. The molecule has 3 N–H and O–H groups in total. The van der Waals surface area contributed by atoms with Crippen LogP contribution in [0, 0.1) is 12.7 Å². The lowest BCUT2D eigenvalue weighted by molar-refractivity contribution is -0.137. The van der Waals surface area contributed by atoms with E-state index in [-0.39, 0.29) is 66.3 Å². The zero-order valence-electron chi connectivity index (χ0n) is 24.8. The molecule has 7 rings (SSSR count). The standard InChI is InChI=1S/C30H31F7N8O/c1-15-7-20(38)40-24(21(15)30(35,36)37)25-22(34)23-18(10-39-25)26(44-12-17-3-5-28(13-44,43-17)9-19(32)33)42-27(41-23)46-14-29-4-2-6-45(29)11-16(31)8-29/h7,9-10,16-17,43H,2-6,8,11-14H2,1H3,(H2,38,40)/t16-,17-,28-,29+/m1/s1. The highest BCUT2D eigenvalue weighted by Gasteiger charge is 2.50. The second-order valence-electron chi connectivity index (χ2n) is 12.8. The molecule has 0 saturated carbocycles. The second kappa shape index (κ2) is 10.9. The molecule has 4 aliphatic rings. The highest BCUT2D eigenvalue weighted by atomic mass is 19.4. The SMILES string of the molecule is Cc1cc(N)nc(-c2ncc3c(N4C[C@H]5CC[C@@](C=C(F)F)(C4)N5)nc(OC[C@@]45CCCN4C[C@H](F)C5)nc3c2F)c1C(F)(F)F. The van der Waals surface area contributed by atoms with Gasteiger partial charge in [-0.25, -0.2) is 13.8 Å². The normalized spacial score (nSPS) is 27.8. The number of anilines is 2. The lowest BCUT2D eigenvalue weighted by Crippen LogP contribution is -2.59. The van der Waals surface area contributed by atoms with Crippen LogP contribution in [0.2, 0.25) is 0 Å². The van der Waals surface area contributed by atoms with Gasteiger partial charge in [0.1, 0.15) is 41.3 Å². The van der Waals surface area contributed by atoms with E-state index in [1.807, 2.05) is 4.90 Å². The van der Waals surface area contributed by atoms with Gasteiger partial charge in [-0.1, -0.05) is 0 Å².